The first-order chi connectivity index (χ1) is 9.56. The molecule has 0 radical (unpaired) electrons. The van der Waals surface area contributed by atoms with Crippen molar-refractivity contribution in [3.63, 3.8) is 0 Å². The smallest absolute Gasteiger partial charge is 0.171 e. The summed E-state index contributed by atoms with van der Waals surface area (Å²) in [7, 11) is 0. The molecule has 0 spiro atoms. The Labute approximate surface area is 130 Å². The molecule has 0 fully saturated rings. The minimum atomic E-state index is 0.610. The van der Waals surface area contributed by atoms with E-state index < -0.39 is 0 Å². The third-order valence-corrected chi connectivity index (χ3v) is 3.68. The topological polar surface area (TPSA) is 24.1 Å². The lowest BCUT2D eigenvalue weighted by Crippen LogP contribution is -2.28. The molecule has 2 aromatic rings. The van der Waals surface area contributed by atoms with E-state index in [1.807, 2.05) is 36.4 Å². The molecule has 0 aromatic heterocycles. The van der Waals surface area contributed by atoms with Crippen molar-refractivity contribution in [3.05, 3.63) is 64.2 Å². The molecular formula is C16H17ClN2S. The Kier molecular flexibility index (Phi) is 4.99. The van der Waals surface area contributed by atoms with Crippen molar-refractivity contribution in [3.8, 4) is 0 Å². The first kappa shape index (κ1) is 14.8. The molecule has 20 heavy (non-hydrogen) atoms. The summed E-state index contributed by atoms with van der Waals surface area (Å²) in [6, 6.07) is 13.9. The maximum absolute atomic E-state index is 5.95. The van der Waals surface area contributed by atoms with Crippen LogP contribution in [0.2, 0.25) is 5.02 Å². The van der Waals surface area contributed by atoms with Crippen molar-refractivity contribution in [2.75, 3.05) is 5.32 Å². The normalized spacial score (nSPS) is 10.2. The highest BCUT2D eigenvalue weighted by Gasteiger charge is 2.03. The average molecular weight is 305 g/mol. The van der Waals surface area contributed by atoms with E-state index in [0.717, 1.165) is 16.3 Å². The standard InChI is InChI=1S/C16H17ClN2S/c1-11-5-3-8-15(12(11)2)19-16(20)18-10-13-6-4-7-14(17)9-13/h3-9H,10H2,1-2H3,(H2,18,19,20). The number of hydrogen-bond acceptors (Lipinski definition) is 1. The Morgan fingerprint density at radius 3 is 2.65 bits per heavy atom. The van der Waals surface area contributed by atoms with Gasteiger partial charge in [0, 0.05) is 17.3 Å². The van der Waals surface area contributed by atoms with Gasteiger partial charge in [0.2, 0.25) is 0 Å². The van der Waals surface area contributed by atoms with E-state index in [2.05, 4.69) is 30.5 Å². The van der Waals surface area contributed by atoms with Gasteiger partial charge >= 0.3 is 0 Å². The molecule has 0 saturated heterocycles. The quantitative estimate of drug-likeness (QED) is 0.820. The Morgan fingerprint density at radius 2 is 1.90 bits per heavy atom. The average Bonchev–Trinajstić information content (AvgIpc) is 2.42. The number of thiocarbonyl (C=S) groups is 1. The van der Waals surface area contributed by atoms with Crippen LogP contribution in [0.5, 0.6) is 0 Å². The molecule has 2 rings (SSSR count). The van der Waals surface area contributed by atoms with E-state index in [0.29, 0.717) is 11.7 Å². The molecule has 0 bridgehead atoms. The van der Waals surface area contributed by atoms with Crippen LogP contribution in [-0.2, 0) is 6.54 Å². The summed E-state index contributed by atoms with van der Waals surface area (Å²) >= 11 is 11.3. The molecule has 4 heteroatoms. The highest BCUT2D eigenvalue weighted by molar-refractivity contribution is 7.80. The molecule has 0 aliphatic carbocycles. The second-order valence-corrected chi connectivity index (χ2v) is 5.53. The number of nitrogens with one attached hydrogen (secondary N) is 2. The number of aryl methyl sites for hydroxylation is 1. The van der Waals surface area contributed by atoms with Crippen LogP contribution in [0.15, 0.2) is 42.5 Å². The first-order valence-electron chi connectivity index (χ1n) is 6.42. The number of benzene rings is 2. The van der Waals surface area contributed by atoms with Crippen LogP contribution in [0.4, 0.5) is 5.69 Å². The van der Waals surface area contributed by atoms with Crippen molar-refractivity contribution in [1.29, 1.82) is 0 Å². The van der Waals surface area contributed by atoms with Crippen LogP contribution in [0.3, 0.4) is 0 Å². The summed E-state index contributed by atoms with van der Waals surface area (Å²) in [6.07, 6.45) is 0. The summed E-state index contributed by atoms with van der Waals surface area (Å²) < 4.78 is 0. The highest BCUT2D eigenvalue weighted by Crippen LogP contribution is 2.17. The van der Waals surface area contributed by atoms with Crippen molar-refractivity contribution in [2.24, 2.45) is 0 Å². The van der Waals surface area contributed by atoms with Crippen LogP contribution < -0.4 is 10.6 Å². The predicted octanol–water partition coefficient (Wildman–Crippen LogP) is 4.44. The lowest BCUT2D eigenvalue weighted by atomic mass is 10.1. The zero-order valence-corrected chi connectivity index (χ0v) is 13.1. The molecular weight excluding hydrogens is 288 g/mol. The number of hydrogen-bond donors (Lipinski definition) is 2. The van der Waals surface area contributed by atoms with E-state index in [4.69, 9.17) is 23.8 Å². The van der Waals surface area contributed by atoms with E-state index in [-0.39, 0.29) is 0 Å². The molecule has 104 valence electrons. The van der Waals surface area contributed by atoms with Crippen molar-refractivity contribution < 1.29 is 0 Å². The van der Waals surface area contributed by atoms with Gasteiger partial charge in [0.05, 0.1) is 0 Å². The fraction of sp³-hybridized carbons (Fsp3) is 0.188. The molecule has 0 aliphatic rings. The predicted molar refractivity (Wildman–Crippen MR) is 90.4 cm³/mol. The monoisotopic (exact) mass is 304 g/mol. The van der Waals surface area contributed by atoms with Crippen molar-refractivity contribution in [1.82, 2.24) is 5.32 Å². The third kappa shape index (κ3) is 3.95. The second kappa shape index (κ2) is 6.73. The van der Waals surface area contributed by atoms with Crippen LogP contribution in [0.25, 0.3) is 0 Å². The summed E-state index contributed by atoms with van der Waals surface area (Å²) in [4.78, 5) is 0. The van der Waals surface area contributed by atoms with E-state index >= 15 is 0 Å². The fourth-order valence-corrected chi connectivity index (χ4v) is 2.28. The van der Waals surface area contributed by atoms with Gasteiger partial charge in [-0.05, 0) is 61.0 Å². The molecule has 2 nitrogen and oxygen atoms in total. The molecule has 0 unspecified atom stereocenters. The van der Waals surface area contributed by atoms with E-state index in [1.165, 1.54) is 11.1 Å². The summed E-state index contributed by atoms with van der Waals surface area (Å²) in [5.41, 5.74) is 4.59. The van der Waals surface area contributed by atoms with E-state index in [1.54, 1.807) is 0 Å². The lowest BCUT2D eigenvalue weighted by Gasteiger charge is -2.13. The maximum Gasteiger partial charge on any atom is 0.171 e. The Hall–Kier alpha value is -1.58. The van der Waals surface area contributed by atoms with Crippen molar-refractivity contribution >= 4 is 34.6 Å². The van der Waals surface area contributed by atoms with Gasteiger partial charge in [0.1, 0.15) is 0 Å². The second-order valence-electron chi connectivity index (χ2n) is 4.69. The zero-order valence-electron chi connectivity index (χ0n) is 11.5. The van der Waals surface area contributed by atoms with Crippen LogP contribution in [0, 0.1) is 13.8 Å². The van der Waals surface area contributed by atoms with Gasteiger partial charge < -0.3 is 10.6 Å². The molecule has 2 N–H and O–H groups in total. The SMILES string of the molecule is Cc1cccc(NC(=S)NCc2cccc(Cl)c2)c1C. The molecule has 0 amide bonds. The minimum Gasteiger partial charge on any atom is -0.358 e. The molecule has 0 aliphatic heterocycles. The largest absolute Gasteiger partial charge is 0.358 e. The molecule has 0 heterocycles. The van der Waals surface area contributed by atoms with Gasteiger partial charge in [-0.2, -0.15) is 0 Å². The van der Waals surface area contributed by atoms with Gasteiger partial charge in [-0.15, -0.1) is 0 Å². The fourth-order valence-electron chi connectivity index (χ4n) is 1.88. The minimum absolute atomic E-state index is 0.610. The van der Waals surface area contributed by atoms with E-state index in [9.17, 15) is 0 Å². The maximum atomic E-state index is 5.95. The lowest BCUT2D eigenvalue weighted by molar-refractivity contribution is 0.925. The Bertz CT molecular complexity index is 626. The number of halogens is 1. The van der Waals surface area contributed by atoms with Crippen LogP contribution in [-0.4, -0.2) is 5.11 Å². The van der Waals surface area contributed by atoms with Crippen molar-refractivity contribution in [2.45, 2.75) is 20.4 Å². The van der Waals surface area contributed by atoms with Gasteiger partial charge in [0.25, 0.3) is 0 Å². The zero-order chi connectivity index (χ0) is 14.5. The Morgan fingerprint density at radius 1 is 1.15 bits per heavy atom. The molecule has 0 atom stereocenters. The third-order valence-electron chi connectivity index (χ3n) is 3.19. The summed E-state index contributed by atoms with van der Waals surface area (Å²) in [6.45, 7) is 4.82. The first-order valence-corrected chi connectivity index (χ1v) is 7.20. The summed E-state index contributed by atoms with van der Waals surface area (Å²) in [5.74, 6) is 0. The Balaban J connectivity index is 1.94. The van der Waals surface area contributed by atoms with Crippen LogP contribution >= 0.6 is 23.8 Å². The molecule has 0 saturated carbocycles. The highest BCUT2D eigenvalue weighted by atomic mass is 35.5. The van der Waals surface area contributed by atoms with Crippen LogP contribution in [0.1, 0.15) is 16.7 Å². The van der Waals surface area contributed by atoms with Gasteiger partial charge in [-0.3, -0.25) is 0 Å². The van der Waals surface area contributed by atoms with Gasteiger partial charge in [-0.1, -0.05) is 35.9 Å². The molecule has 2 aromatic carbocycles. The number of rotatable bonds is 3. The van der Waals surface area contributed by atoms with Gasteiger partial charge in [-0.25, -0.2) is 0 Å². The number of anilines is 1. The van der Waals surface area contributed by atoms with Gasteiger partial charge in [0.15, 0.2) is 5.11 Å². The summed E-state index contributed by atoms with van der Waals surface area (Å²) in [5, 5.41) is 7.75.